The van der Waals surface area contributed by atoms with Crippen LogP contribution in [0.25, 0.3) is 0 Å². The first-order valence-corrected chi connectivity index (χ1v) is 9.19. The van der Waals surface area contributed by atoms with Gasteiger partial charge in [0.05, 0.1) is 17.0 Å². The van der Waals surface area contributed by atoms with Crippen LogP contribution in [0.15, 0.2) is 24.4 Å². The number of nitrogens with one attached hydrogen (secondary N) is 1. The van der Waals surface area contributed by atoms with E-state index in [9.17, 15) is 4.79 Å². The van der Waals surface area contributed by atoms with Gasteiger partial charge in [-0.1, -0.05) is 0 Å². The summed E-state index contributed by atoms with van der Waals surface area (Å²) in [7, 11) is 0. The number of fused-ring (bicyclic) bond motifs is 1. The van der Waals surface area contributed by atoms with Crippen LogP contribution in [0.4, 0.5) is 5.82 Å². The molecule has 2 aliphatic rings. The van der Waals surface area contributed by atoms with Crippen molar-refractivity contribution in [1.29, 1.82) is 0 Å². The van der Waals surface area contributed by atoms with E-state index in [2.05, 4.69) is 30.8 Å². The summed E-state index contributed by atoms with van der Waals surface area (Å²) >= 11 is 0. The third kappa shape index (κ3) is 3.56. The number of carbonyl (C=O) groups excluding carboxylic acids is 1. The molecule has 0 atom stereocenters. The van der Waals surface area contributed by atoms with Crippen LogP contribution >= 0.6 is 0 Å². The molecule has 0 aromatic carbocycles. The number of nitrogens with two attached hydrogens (primary N) is 1. The third-order valence-electron chi connectivity index (χ3n) is 5.05. The van der Waals surface area contributed by atoms with Crippen LogP contribution in [0.2, 0.25) is 0 Å². The Bertz CT molecular complexity index is 756. The van der Waals surface area contributed by atoms with Crippen molar-refractivity contribution in [3.63, 3.8) is 0 Å². The maximum absolute atomic E-state index is 11.6. The Kier molecular flexibility index (Phi) is 4.85. The molecular formula is C18H25N7O. The van der Waals surface area contributed by atoms with Gasteiger partial charge in [0.2, 0.25) is 0 Å². The highest BCUT2D eigenvalue weighted by molar-refractivity contribution is 5.97. The van der Waals surface area contributed by atoms with Gasteiger partial charge in [0.15, 0.2) is 0 Å². The van der Waals surface area contributed by atoms with E-state index in [-0.39, 0.29) is 0 Å². The van der Waals surface area contributed by atoms with Gasteiger partial charge >= 0.3 is 0 Å². The first kappa shape index (κ1) is 17.0. The number of primary amides is 1. The van der Waals surface area contributed by atoms with Gasteiger partial charge in [-0.2, -0.15) is 5.10 Å². The Morgan fingerprint density at radius 1 is 1.23 bits per heavy atom. The summed E-state index contributed by atoms with van der Waals surface area (Å²) in [5.41, 5.74) is 8.38. The summed E-state index contributed by atoms with van der Waals surface area (Å²) in [4.78, 5) is 20.5. The van der Waals surface area contributed by atoms with E-state index in [1.54, 1.807) is 18.3 Å². The summed E-state index contributed by atoms with van der Waals surface area (Å²) < 4.78 is 2.14. The van der Waals surface area contributed by atoms with Crippen molar-refractivity contribution in [3.8, 4) is 0 Å². The Hall–Kier alpha value is -2.45. The number of amides is 1. The van der Waals surface area contributed by atoms with Gasteiger partial charge in [-0.15, -0.1) is 0 Å². The molecule has 0 radical (unpaired) electrons. The standard InChI is InChI=1S/C18H25N7O/c19-17(26)16-3-1-5-21-18(16)24-9-7-23(8-10-24)13-14-11-15-12-20-4-2-6-25(15)22-14/h1,3,5,11,20H,2,4,6-10,12-13H2,(H2,19,26). The van der Waals surface area contributed by atoms with Crippen LogP contribution in [0, 0.1) is 0 Å². The Balaban J connectivity index is 1.38. The van der Waals surface area contributed by atoms with Crippen LogP contribution < -0.4 is 16.0 Å². The summed E-state index contributed by atoms with van der Waals surface area (Å²) in [5, 5.41) is 8.20. The van der Waals surface area contributed by atoms with Crippen LogP contribution in [-0.2, 0) is 19.6 Å². The smallest absolute Gasteiger partial charge is 0.252 e. The average Bonchev–Trinajstić information content (AvgIpc) is 2.90. The zero-order valence-electron chi connectivity index (χ0n) is 14.9. The summed E-state index contributed by atoms with van der Waals surface area (Å²) in [6, 6.07) is 5.70. The van der Waals surface area contributed by atoms with E-state index >= 15 is 0 Å². The lowest BCUT2D eigenvalue weighted by Crippen LogP contribution is -2.46. The van der Waals surface area contributed by atoms with E-state index in [0.717, 1.165) is 64.5 Å². The lowest BCUT2D eigenvalue weighted by Gasteiger charge is -2.35. The molecule has 2 aromatic heterocycles. The third-order valence-corrected chi connectivity index (χ3v) is 5.05. The highest BCUT2D eigenvalue weighted by Gasteiger charge is 2.22. The van der Waals surface area contributed by atoms with Crippen LogP contribution in [0.3, 0.4) is 0 Å². The minimum atomic E-state index is -0.427. The van der Waals surface area contributed by atoms with Crippen molar-refractivity contribution in [2.75, 3.05) is 37.6 Å². The quantitative estimate of drug-likeness (QED) is 0.814. The van der Waals surface area contributed by atoms with Crippen molar-refractivity contribution in [2.24, 2.45) is 5.73 Å². The second-order valence-electron chi connectivity index (χ2n) is 6.88. The molecule has 0 bridgehead atoms. The zero-order chi connectivity index (χ0) is 17.9. The molecule has 0 aliphatic carbocycles. The van der Waals surface area contributed by atoms with Crippen molar-refractivity contribution in [2.45, 2.75) is 26.1 Å². The van der Waals surface area contributed by atoms with E-state index in [0.29, 0.717) is 11.4 Å². The fourth-order valence-corrected chi connectivity index (χ4v) is 3.69. The van der Waals surface area contributed by atoms with E-state index in [1.807, 2.05) is 0 Å². The molecule has 8 heteroatoms. The number of piperazine rings is 1. The van der Waals surface area contributed by atoms with E-state index < -0.39 is 5.91 Å². The second kappa shape index (κ2) is 7.43. The lowest BCUT2D eigenvalue weighted by molar-refractivity contribution is 0.1000. The minimum absolute atomic E-state index is 0.427. The number of aromatic nitrogens is 3. The molecule has 1 saturated heterocycles. The molecule has 0 spiro atoms. The number of hydrogen-bond acceptors (Lipinski definition) is 6. The fraction of sp³-hybridized carbons (Fsp3) is 0.500. The second-order valence-corrected chi connectivity index (χ2v) is 6.88. The maximum atomic E-state index is 11.6. The van der Waals surface area contributed by atoms with E-state index in [1.165, 1.54) is 5.69 Å². The largest absolute Gasteiger partial charge is 0.365 e. The van der Waals surface area contributed by atoms with E-state index in [4.69, 9.17) is 10.8 Å². The molecule has 0 saturated carbocycles. The molecule has 2 aromatic rings. The summed E-state index contributed by atoms with van der Waals surface area (Å²) in [5.74, 6) is 0.267. The molecule has 8 nitrogen and oxygen atoms in total. The van der Waals surface area contributed by atoms with Gasteiger partial charge in [-0.3, -0.25) is 14.4 Å². The fourth-order valence-electron chi connectivity index (χ4n) is 3.69. The Labute approximate surface area is 153 Å². The van der Waals surface area contributed by atoms with Crippen molar-refractivity contribution < 1.29 is 4.79 Å². The average molecular weight is 355 g/mol. The van der Waals surface area contributed by atoms with Crippen molar-refractivity contribution in [3.05, 3.63) is 41.3 Å². The molecule has 1 fully saturated rings. The lowest BCUT2D eigenvalue weighted by atomic mass is 10.2. The van der Waals surface area contributed by atoms with Gasteiger partial charge in [-0.05, 0) is 31.2 Å². The van der Waals surface area contributed by atoms with Crippen LogP contribution in [-0.4, -0.2) is 58.3 Å². The van der Waals surface area contributed by atoms with Crippen molar-refractivity contribution in [1.82, 2.24) is 25.0 Å². The molecule has 2 aliphatic heterocycles. The predicted octanol–water partition coefficient (Wildman–Crippen LogP) is 0.192. The molecular weight excluding hydrogens is 330 g/mol. The Morgan fingerprint density at radius 3 is 2.88 bits per heavy atom. The number of rotatable bonds is 4. The number of anilines is 1. The SMILES string of the molecule is NC(=O)c1cccnc1N1CCN(Cc2cc3n(n2)CCCNC3)CC1. The first-order valence-electron chi connectivity index (χ1n) is 9.19. The molecule has 4 rings (SSSR count). The monoisotopic (exact) mass is 355 g/mol. The molecule has 3 N–H and O–H groups in total. The normalized spacial score (nSPS) is 18.4. The van der Waals surface area contributed by atoms with Crippen molar-refractivity contribution >= 4 is 11.7 Å². The molecule has 26 heavy (non-hydrogen) atoms. The highest BCUT2D eigenvalue weighted by atomic mass is 16.1. The zero-order valence-corrected chi connectivity index (χ0v) is 14.9. The maximum Gasteiger partial charge on any atom is 0.252 e. The summed E-state index contributed by atoms with van der Waals surface area (Å²) in [6.07, 6.45) is 2.83. The summed E-state index contributed by atoms with van der Waals surface area (Å²) in [6.45, 7) is 7.28. The molecule has 1 amide bonds. The minimum Gasteiger partial charge on any atom is -0.365 e. The van der Waals surface area contributed by atoms with Gasteiger partial charge in [0.1, 0.15) is 5.82 Å². The highest BCUT2D eigenvalue weighted by Crippen LogP contribution is 2.19. The molecule has 0 unspecified atom stereocenters. The molecule has 138 valence electrons. The van der Waals surface area contributed by atoms with Crippen LogP contribution in [0.1, 0.15) is 28.2 Å². The number of nitrogens with zero attached hydrogens (tertiary/aromatic N) is 5. The Morgan fingerprint density at radius 2 is 2.08 bits per heavy atom. The predicted molar refractivity (Wildman–Crippen MR) is 98.8 cm³/mol. The topological polar surface area (TPSA) is 92.3 Å². The number of hydrogen-bond donors (Lipinski definition) is 2. The number of aryl methyl sites for hydroxylation is 1. The number of carbonyl (C=O) groups is 1. The van der Waals surface area contributed by atoms with Crippen LogP contribution in [0.5, 0.6) is 0 Å². The van der Waals surface area contributed by atoms with Gasteiger partial charge in [0.25, 0.3) is 5.91 Å². The van der Waals surface area contributed by atoms with Gasteiger partial charge in [0, 0.05) is 52.0 Å². The molecule has 4 heterocycles. The first-order chi connectivity index (χ1) is 12.7. The van der Waals surface area contributed by atoms with Gasteiger partial charge < -0.3 is 16.0 Å². The van der Waals surface area contributed by atoms with Gasteiger partial charge in [-0.25, -0.2) is 4.98 Å². The number of pyridine rings is 1.